The van der Waals surface area contributed by atoms with Gasteiger partial charge in [-0.15, -0.1) is 0 Å². The normalized spacial score (nSPS) is 10.6. The van der Waals surface area contributed by atoms with Crippen LogP contribution in [0.1, 0.15) is 51.0 Å². The van der Waals surface area contributed by atoms with E-state index >= 15 is 0 Å². The summed E-state index contributed by atoms with van der Waals surface area (Å²) >= 11 is 0. The molecule has 0 bridgehead atoms. The van der Waals surface area contributed by atoms with Crippen LogP contribution in [0.3, 0.4) is 0 Å². The minimum Gasteiger partial charge on any atom is -0.457 e. The van der Waals surface area contributed by atoms with Crippen LogP contribution in [0.4, 0.5) is 5.69 Å². The van der Waals surface area contributed by atoms with Crippen molar-refractivity contribution >= 4 is 5.69 Å². The molecule has 22 heavy (non-hydrogen) atoms. The largest absolute Gasteiger partial charge is 0.457 e. The van der Waals surface area contributed by atoms with Crippen LogP contribution in [0.15, 0.2) is 48.5 Å². The topological polar surface area (TPSA) is 35.2 Å². The Hall–Kier alpha value is -1.96. The van der Waals surface area contributed by atoms with Gasteiger partial charge in [0.2, 0.25) is 0 Å². The van der Waals surface area contributed by atoms with Crippen molar-refractivity contribution in [2.75, 3.05) is 5.73 Å². The Morgan fingerprint density at radius 3 is 1.91 bits per heavy atom. The summed E-state index contributed by atoms with van der Waals surface area (Å²) < 4.78 is 5.80. The van der Waals surface area contributed by atoms with Gasteiger partial charge >= 0.3 is 0 Å². The first-order chi connectivity index (χ1) is 10.8. The third-order valence-corrected chi connectivity index (χ3v) is 3.86. The van der Waals surface area contributed by atoms with Crippen molar-refractivity contribution in [3.8, 4) is 11.5 Å². The number of hydrogen-bond acceptors (Lipinski definition) is 2. The summed E-state index contributed by atoms with van der Waals surface area (Å²) in [6, 6.07) is 15.9. The maximum Gasteiger partial charge on any atom is 0.127 e. The summed E-state index contributed by atoms with van der Waals surface area (Å²) in [6.07, 6.45) is 9.21. The summed E-state index contributed by atoms with van der Waals surface area (Å²) in [6.45, 7) is 2.26. The lowest BCUT2D eigenvalue weighted by atomic mass is 10.0. The van der Waals surface area contributed by atoms with Gasteiger partial charge in [0.15, 0.2) is 0 Å². The lowest BCUT2D eigenvalue weighted by molar-refractivity contribution is 0.482. The van der Waals surface area contributed by atoms with Gasteiger partial charge in [-0.2, -0.15) is 0 Å². The average molecular weight is 297 g/mol. The molecule has 0 aliphatic heterocycles. The molecule has 2 N–H and O–H groups in total. The smallest absolute Gasteiger partial charge is 0.127 e. The van der Waals surface area contributed by atoms with Crippen LogP contribution in [0, 0.1) is 0 Å². The summed E-state index contributed by atoms with van der Waals surface area (Å²) in [7, 11) is 0. The number of benzene rings is 2. The Balaban J connectivity index is 1.74. The molecule has 2 heteroatoms. The van der Waals surface area contributed by atoms with Gasteiger partial charge in [-0.3, -0.25) is 0 Å². The monoisotopic (exact) mass is 297 g/mol. The summed E-state index contributed by atoms with van der Waals surface area (Å²) in [5.74, 6) is 1.69. The molecule has 0 aromatic heterocycles. The van der Waals surface area contributed by atoms with Crippen molar-refractivity contribution < 1.29 is 4.74 Å². The molecule has 118 valence electrons. The van der Waals surface area contributed by atoms with Gasteiger partial charge in [0, 0.05) is 5.69 Å². The van der Waals surface area contributed by atoms with Gasteiger partial charge in [-0.25, -0.2) is 0 Å². The number of ether oxygens (including phenoxy) is 1. The number of aryl methyl sites for hydroxylation is 1. The molecule has 0 saturated carbocycles. The predicted molar refractivity (Wildman–Crippen MR) is 94.5 cm³/mol. The third kappa shape index (κ3) is 5.80. The Bertz CT molecular complexity index is 531. The highest BCUT2D eigenvalue weighted by atomic mass is 16.5. The zero-order chi connectivity index (χ0) is 15.6. The Kier molecular flexibility index (Phi) is 6.82. The maximum atomic E-state index is 5.80. The van der Waals surface area contributed by atoms with Crippen LogP contribution >= 0.6 is 0 Å². The predicted octanol–water partition coefficient (Wildman–Crippen LogP) is 5.96. The number of rotatable bonds is 9. The molecule has 0 aliphatic rings. The molecule has 2 rings (SSSR count). The van der Waals surface area contributed by atoms with Gasteiger partial charge in [-0.05, 0) is 54.8 Å². The van der Waals surface area contributed by atoms with Crippen molar-refractivity contribution in [1.82, 2.24) is 0 Å². The van der Waals surface area contributed by atoms with Crippen LogP contribution in [-0.2, 0) is 6.42 Å². The van der Waals surface area contributed by atoms with Crippen LogP contribution < -0.4 is 10.5 Å². The standard InChI is InChI=1S/C20H27NO/c1-2-3-4-5-6-7-8-17-9-13-19(14-10-17)22-20-15-11-18(21)12-16-20/h9-16H,2-8,21H2,1H3. The number of nitrogen functional groups attached to an aromatic ring is 1. The molecule has 0 spiro atoms. The molecule has 0 atom stereocenters. The Morgan fingerprint density at radius 2 is 1.27 bits per heavy atom. The first-order valence-electron chi connectivity index (χ1n) is 8.40. The number of unbranched alkanes of at least 4 members (excludes halogenated alkanes) is 5. The highest BCUT2D eigenvalue weighted by Crippen LogP contribution is 2.23. The van der Waals surface area contributed by atoms with Gasteiger partial charge < -0.3 is 10.5 Å². The first-order valence-corrected chi connectivity index (χ1v) is 8.40. The molecule has 0 unspecified atom stereocenters. The number of hydrogen-bond donors (Lipinski definition) is 1. The van der Waals surface area contributed by atoms with E-state index in [4.69, 9.17) is 10.5 Å². The highest BCUT2D eigenvalue weighted by Gasteiger charge is 1.99. The van der Waals surface area contributed by atoms with Crippen molar-refractivity contribution in [2.45, 2.75) is 51.9 Å². The average Bonchev–Trinajstić information content (AvgIpc) is 2.54. The van der Waals surface area contributed by atoms with E-state index in [0.29, 0.717) is 0 Å². The molecular weight excluding hydrogens is 270 g/mol. The minimum absolute atomic E-state index is 0.752. The number of nitrogens with two attached hydrogens (primary N) is 1. The Labute approximate surface area is 134 Å². The van der Waals surface area contributed by atoms with Crippen LogP contribution in [0.25, 0.3) is 0 Å². The van der Waals surface area contributed by atoms with Gasteiger partial charge in [0.1, 0.15) is 11.5 Å². The van der Waals surface area contributed by atoms with Crippen molar-refractivity contribution in [3.05, 3.63) is 54.1 Å². The van der Waals surface area contributed by atoms with E-state index in [9.17, 15) is 0 Å². The fourth-order valence-corrected chi connectivity index (χ4v) is 2.51. The van der Waals surface area contributed by atoms with Crippen LogP contribution in [0.5, 0.6) is 11.5 Å². The lowest BCUT2D eigenvalue weighted by Crippen LogP contribution is -1.89. The van der Waals surface area contributed by atoms with E-state index in [2.05, 4.69) is 19.1 Å². The van der Waals surface area contributed by atoms with E-state index in [0.717, 1.165) is 23.6 Å². The maximum absolute atomic E-state index is 5.80. The molecule has 0 saturated heterocycles. The molecule has 0 radical (unpaired) electrons. The molecule has 2 aromatic rings. The first kappa shape index (κ1) is 16.4. The molecule has 0 heterocycles. The van der Waals surface area contributed by atoms with Gasteiger partial charge in [0.05, 0.1) is 0 Å². The summed E-state index contributed by atoms with van der Waals surface area (Å²) in [5.41, 5.74) is 7.81. The number of anilines is 1. The quantitative estimate of drug-likeness (QED) is 0.457. The van der Waals surface area contributed by atoms with E-state index in [-0.39, 0.29) is 0 Å². The molecule has 2 aromatic carbocycles. The van der Waals surface area contributed by atoms with Crippen molar-refractivity contribution in [3.63, 3.8) is 0 Å². The highest BCUT2D eigenvalue weighted by molar-refractivity contribution is 5.43. The molecule has 0 aliphatic carbocycles. The minimum atomic E-state index is 0.752. The van der Waals surface area contributed by atoms with Gasteiger partial charge in [0.25, 0.3) is 0 Å². The molecule has 0 fully saturated rings. The second-order valence-electron chi connectivity index (χ2n) is 5.83. The zero-order valence-corrected chi connectivity index (χ0v) is 13.6. The van der Waals surface area contributed by atoms with Crippen LogP contribution in [0.2, 0.25) is 0 Å². The summed E-state index contributed by atoms with van der Waals surface area (Å²) in [5, 5.41) is 0. The second-order valence-corrected chi connectivity index (χ2v) is 5.83. The third-order valence-electron chi connectivity index (χ3n) is 3.86. The van der Waals surface area contributed by atoms with E-state index in [1.54, 1.807) is 0 Å². The molecular formula is C20H27NO. The Morgan fingerprint density at radius 1 is 0.727 bits per heavy atom. The van der Waals surface area contributed by atoms with Crippen LogP contribution in [-0.4, -0.2) is 0 Å². The van der Waals surface area contributed by atoms with E-state index < -0.39 is 0 Å². The fourth-order valence-electron chi connectivity index (χ4n) is 2.51. The van der Waals surface area contributed by atoms with E-state index in [1.807, 2.05) is 36.4 Å². The van der Waals surface area contributed by atoms with E-state index in [1.165, 1.54) is 44.1 Å². The molecule has 2 nitrogen and oxygen atoms in total. The summed E-state index contributed by atoms with van der Waals surface area (Å²) in [4.78, 5) is 0. The van der Waals surface area contributed by atoms with Crippen molar-refractivity contribution in [1.29, 1.82) is 0 Å². The fraction of sp³-hybridized carbons (Fsp3) is 0.400. The SMILES string of the molecule is CCCCCCCCc1ccc(Oc2ccc(N)cc2)cc1. The molecule has 0 amide bonds. The lowest BCUT2D eigenvalue weighted by Gasteiger charge is -2.07. The second kappa shape index (κ2) is 9.14. The van der Waals surface area contributed by atoms with Gasteiger partial charge in [-0.1, -0.05) is 51.2 Å². The zero-order valence-electron chi connectivity index (χ0n) is 13.6. The van der Waals surface area contributed by atoms with Crippen molar-refractivity contribution in [2.24, 2.45) is 0 Å².